The average Bonchev–Trinajstić information content (AvgIpc) is 3.10. The van der Waals surface area contributed by atoms with Gasteiger partial charge in [0.1, 0.15) is 29.2 Å². The minimum atomic E-state index is -1.53. The Bertz CT molecular complexity index is 1220. The Morgan fingerprint density at radius 3 is 2.42 bits per heavy atom. The Labute approximate surface area is 211 Å². The molecule has 1 fully saturated rings. The first-order valence-corrected chi connectivity index (χ1v) is 12.9. The van der Waals surface area contributed by atoms with Gasteiger partial charge in [-0.25, -0.2) is 13.2 Å². The molecule has 0 amide bonds. The van der Waals surface area contributed by atoms with Crippen molar-refractivity contribution >= 4 is 10.9 Å². The summed E-state index contributed by atoms with van der Waals surface area (Å²) in [6.45, 7) is 11.9. The number of para-hydroxylation sites is 1. The maximum atomic E-state index is 15.7. The van der Waals surface area contributed by atoms with Crippen molar-refractivity contribution in [2.45, 2.75) is 64.9 Å². The summed E-state index contributed by atoms with van der Waals surface area (Å²) in [5.74, 6) is -0.590. The number of alkyl halides is 1. The molecule has 0 saturated carbocycles. The molecule has 0 bridgehead atoms. The number of H-pyrrole nitrogens is 1. The number of ether oxygens (including phenoxy) is 1. The number of aromatic nitrogens is 1. The Kier molecular flexibility index (Phi) is 6.58. The van der Waals surface area contributed by atoms with E-state index in [1.807, 2.05) is 36.1 Å². The molecule has 0 spiro atoms. The van der Waals surface area contributed by atoms with Gasteiger partial charge in [0.15, 0.2) is 0 Å². The highest BCUT2D eigenvalue weighted by atomic mass is 19.1. The molecular formula is C29H36F3N3O. The number of nitrogens with zero attached hydrogens (tertiary/aromatic N) is 2. The summed E-state index contributed by atoms with van der Waals surface area (Å²) < 4.78 is 52.3. The Morgan fingerprint density at radius 2 is 1.78 bits per heavy atom. The Morgan fingerprint density at radius 1 is 1.11 bits per heavy atom. The second kappa shape index (κ2) is 9.42. The summed E-state index contributed by atoms with van der Waals surface area (Å²) in [6.07, 6.45) is 0.595. The van der Waals surface area contributed by atoms with E-state index < -0.39 is 23.3 Å². The molecule has 2 aliphatic heterocycles. The predicted octanol–water partition coefficient (Wildman–Crippen LogP) is 6.25. The van der Waals surface area contributed by atoms with Crippen LogP contribution in [0.15, 0.2) is 36.4 Å². The highest BCUT2D eigenvalue weighted by Crippen LogP contribution is 2.43. The van der Waals surface area contributed by atoms with Crippen LogP contribution in [-0.2, 0) is 6.42 Å². The van der Waals surface area contributed by atoms with Crippen LogP contribution in [-0.4, -0.2) is 58.8 Å². The molecule has 1 saturated heterocycles. The Balaban J connectivity index is 1.51. The first-order valence-electron chi connectivity index (χ1n) is 12.9. The largest absolute Gasteiger partial charge is 0.488 e. The van der Waals surface area contributed by atoms with Gasteiger partial charge < -0.3 is 9.72 Å². The quantitative estimate of drug-likeness (QED) is 0.417. The number of rotatable bonds is 7. The fraction of sp³-hybridized carbons (Fsp3) is 0.517. The third-order valence-electron chi connectivity index (χ3n) is 7.25. The minimum absolute atomic E-state index is 0.0541. The van der Waals surface area contributed by atoms with Gasteiger partial charge in [0, 0.05) is 66.5 Å². The number of hydrogen-bond acceptors (Lipinski definition) is 3. The van der Waals surface area contributed by atoms with Crippen LogP contribution in [0, 0.1) is 17.6 Å². The third kappa shape index (κ3) is 4.88. The highest BCUT2D eigenvalue weighted by molar-refractivity contribution is 5.85. The smallest absolute Gasteiger partial charge is 0.135 e. The average molecular weight is 500 g/mol. The molecule has 4 nitrogen and oxygen atoms in total. The normalized spacial score (nSPS) is 21.7. The molecule has 3 heterocycles. The topological polar surface area (TPSA) is 31.5 Å². The lowest BCUT2D eigenvalue weighted by Gasteiger charge is -2.43. The predicted molar refractivity (Wildman–Crippen MR) is 137 cm³/mol. The van der Waals surface area contributed by atoms with Gasteiger partial charge in [0.25, 0.3) is 0 Å². The molecule has 7 heteroatoms. The minimum Gasteiger partial charge on any atom is -0.488 e. The van der Waals surface area contributed by atoms with E-state index in [4.69, 9.17) is 4.74 Å². The summed E-state index contributed by atoms with van der Waals surface area (Å²) >= 11 is 0. The zero-order valence-corrected chi connectivity index (χ0v) is 21.7. The van der Waals surface area contributed by atoms with E-state index in [-0.39, 0.29) is 30.0 Å². The van der Waals surface area contributed by atoms with Crippen molar-refractivity contribution < 1.29 is 17.9 Å². The van der Waals surface area contributed by atoms with E-state index in [2.05, 4.69) is 23.7 Å². The van der Waals surface area contributed by atoms with Crippen molar-refractivity contribution in [3.8, 4) is 5.75 Å². The van der Waals surface area contributed by atoms with Crippen LogP contribution >= 0.6 is 0 Å². The Hall–Kier alpha value is -2.51. The number of benzene rings is 2. The van der Waals surface area contributed by atoms with Crippen LogP contribution in [0.4, 0.5) is 13.2 Å². The third-order valence-corrected chi connectivity index (χ3v) is 7.25. The summed E-state index contributed by atoms with van der Waals surface area (Å²) in [6, 6.07) is 9.56. The number of halogens is 3. The van der Waals surface area contributed by atoms with Crippen LogP contribution in [0.1, 0.15) is 57.5 Å². The molecule has 2 aromatic carbocycles. The summed E-state index contributed by atoms with van der Waals surface area (Å²) in [4.78, 5) is 7.56. The first kappa shape index (κ1) is 25.2. The van der Waals surface area contributed by atoms with E-state index in [0.717, 1.165) is 41.8 Å². The van der Waals surface area contributed by atoms with Gasteiger partial charge in [0.05, 0.1) is 6.04 Å². The summed E-state index contributed by atoms with van der Waals surface area (Å²) in [5.41, 5.74) is 1.08. The van der Waals surface area contributed by atoms with Gasteiger partial charge in [-0.1, -0.05) is 32.0 Å². The van der Waals surface area contributed by atoms with Gasteiger partial charge in [-0.05, 0) is 44.7 Å². The van der Waals surface area contributed by atoms with Gasteiger partial charge in [0.2, 0.25) is 0 Å². The van der Waals surface area contributed by atoms with Crippen LogP contribution in [0.3, 0.4) is 0 Å². The van der Waals surface area contributed by atoms with Gasteiger partial charge in [-0.2, -0.15) is 0 Å². The lowest BCUT2D eigenvalue weighted by Crippen LogP contribution is -2.54. The molecule has 3 aromatic rings. The maximum Gasteiger partial charge on any atom is 0.135 e. The number of nitrogens with one attached hydrogen (secondary N) is 1. The van der Waals surface area contributed by atoms with Crippen LogP contribution < -0.4 is 4.74 Å². The van der Waals surface area contributed by atoms with Gasteiger partial charge in [-0.15, -0.1) is 0 Å². The standard InChI is InChI=1S/C29H36F3N3O/c1-17(2)13-34-14-20(15-34)36-19-11-23(30)26(24(31)12-19)28-27-22(21-8-6-7-9-25(21)33-27)10-18(3)35(28)16-29(4,5)32/h6-9,11-12,17-18,20,28,33H,10,13-16H2,1-5H3/t18-,28-/m1/s1. The lowest BCUT2D eigenvalue weighted by atomic mass is 9.87. The zero-order valence-electron chi connectivity index (χ0n) is 21.7. The molecule has 2 aliphatic rings. The number of fused-ring (bicyclic) bond motifs is 3. The number of likely N-dealkylation sites (tertiary alicyclic amines) is 1. The molecule has 1 aromatic heterocycles. The molecule has 194 valence electrons. The molecular weight excluding hydrogens is 463 g/mol. The lowest BCUT2D eigenvalue weighted by molar-refractivity contribution is 0.0126. The molecule has 0 aliphatic carbocycles. The number of aromatic amines is 1. The molecule has 36 heavy (non-hydrogen) atoms. The number of hydrogen-bond donors (Lipinski definition) is 1. The molecule has 1 N–H and O–H groups in total. The van der Waals surface area contributed by atoms with E-state index in [9.17, 15) is 4.39 Å². The van der Waals surface area contributed by atoms with Crippen molar-refractivity contribution in [1.29, 1.82) is 0 Å². The van der Waals surface area contributed by atoms with Crippen molar-refractivity contribution in [1.82, 2.24) is 14.8 Å². The second-order valence-corrected chi connectivity index (χ2v) is 11.6. The van der Waals surface area contributed by atoms with Crippen molar-refractivity contribution in [2.75, 3.05) is 26.2 Å². The second-order valence-electron chi connectivity index (χ2n) is 11.6. The molecule has 2 atom stereocenters. The van der Waals surface area contributed by atoms with Crippen LogP contribution in [0.25, 0.3) is 10.9 Å². The van der Waals surface area contributed by atoms with Crippen molar-refractivity contribution in [3.05, 3.63) is 64.9 Å². The molecule has 0 unspecified atom stereocenters. The summed E-state index contributed by atoms with van der Waals surface area (Å²) in [7, 11) is 0. The van der Waals surface area contributed by atoms with E-state index in [1.165, 1.54) is 26.0 Å². The van der Waals surface area contributed by atoms with Crippen LogP contribution in [0.2, 0.25) is 0 Å². The van der Waals surface area contributed by atoms with E-state index >= 15 is 8.78 Å². The highest BCUT2D eigenvalue weighted by Gasteiger charge is 2.41. The van der Waals surface area contributed by atoms with Gasteiger partial charge >= 0.3 is 0 Å². The van der Waals surface area contributed by atoms with Crippen molar-refractivity contribution in [3.63, 3.8) is 0 Å². The van der Waals surface area contributed by atoms with Crippen molar-refractivity contribution in [2.24, 2.45) is 5.92 Å². The van der Waals surface area contributed by atoms with E-state index in [1.54, 1.807) is 0 Å². The van der Waals surface area contributed by atoms with E-state index in [0.29, 0.717) is 12.3 Å². The fourth-order valence-electron chi connectivity index (χ4n) is 5.84. The zero-order chi connectivity index (χ0) is 25.8. The fourth-order valence-corrected chi connectivity index (χ4v) is 5.84. The van der Waals surface area contributed by atoms with Gasteiger partial charge in [-0.3, -0.25) is 9.80 Å². The molecule has 5 rings (SSSR count). The molecule has 0 radical (unpaired) electrons. The first-order chi connectivity index (χ1) is 17.0. The van der Waals surface area contributed by atoms with Crippen LogP contribution in [0.5, 0.6) is 5.75 Å². The maximum absolute atomic E-state index is 15.7. The monoisotopic (exact) mass is 499 g/mol. The summed E-state index contributed by atoms with van der Waals surface area (Å²) in [5, 5.41) is 1.04. The SMILES string of the molecule is CC(C)CN1CC(Oc2cc(F)c([C@@H]3c4[nH]c5ccccc5c4C[C@@H](C)N3CC(C)(C)F)c(F)c2)C1.